The van der Waals surface area contributed by atoms with E-state index in [2.05, 4.69) is 10.6 Å². The fraction of sp³-hybridized carbons (Fsp3) is 0.182. The molecule has 3 nitrogen and oxygen atoms in total. The lowest BCUT2D eigenvalue weighted by Gasteiger charge is -2.00. The van der Waals surface area contributed by atoms with Crippen LogP contribution in [0.15, 0.2) is 42.5 Å². The Hall–Kier alpha value is -1.61. The normalized spacial score (nSPS) is 10.4. The number of likely N-dealkylation sites (N-methyl/N-ethyl adjacent to an activating group) is 1. The summed E-state index contributed by atoms with van der Waals surface area (Å²) in [4.78, 5) is 11.3. The summed E-state index contributed by atoms with van der Waals surface area (Å²) in [6.45, 7) is 0.697. The molecular formula is C11H14N2O. The minimum absolute atomic E-state index is 0.105. The number of nitrogens with one attached hydrogen (secondary N) is 2. The van der Waals surface area contributed by atoms with E-state index in [1.807, 2.05) is 37.4 Å². The molecule has 0 aliphatic heterocycles. The minimum atomic E-state index is -0.105. The Labute approximate surface area is 83.8 Å². The molecule has 0 aliphatic rings. The summed E-state index contributed by atoms with van der Waals surface area (Å²) in [5, 5.41) is 5.67. The first kappa shape index (κ1) is 10.5. The van der Waals surface area contributed by atoms with E-state index in [0.29, 0.717) is 6.54 Å². The van der Waals surface area contributed by atoms with Gasteiger partial charge in [0.05, 0.1) is 0 Å². The molecule has 0 bridgehead atoms. The third-order valence-electron chi connectivity index (χ3n) is 1.63. The molecule has 1 aromatic carbocycles. The lowest BCUT2D eigenvalue weighted by atomic mass is 10.3. The minimum Gasteiger partial charge on any atom is -0.323 e. The fourth-order valence-electron chi connectivity index (χ4n) is 0.989. The fourth-order valence-corrected chi connectivity index (χ4v) is 0.989. The standard InChI is InChI=1S/C11H14N2O/c1-12-9-5-8-11(14)13-10-6-3-2-4-7-10/h2-8,12H,9H2,1H3,(H,13,14)/b8-5+. The van der Waals surface area contributed by atoms with Crippen LogP contribution in [0.4, 0.5) is 5.69 Å². The van der Waals surface area contributed by atoms with Crippen molar-refractivity contribution in [3.8, 4) is 0 Å². The SMILES string of the molecule is CNC/C=C/C(=O)Nc1ccccc1. The van der Waals surface area contributed by atoms with Gasteiger partial charge in [0.15, 0.2) is 0 Å². The van der Waals surface area contributed by atoms with Gasteiger partial charge in [-0.15, -0.1) is 0 Å². The van der Waals surface area contributed by atoms with Crippen LogP contribution >= 0.6 is 0 Å². The molecule has 74 valence electrons. The highest BCUT2D eigenvalue weighted by molar-refractivity contribution is 5.99. The highest BCUT2D eigenvalue weighted by Gasteiger charge is 1.94. The van der Waals surface area contributed by atoms with Gasteiger partial charge in [0.25, 0.3) is 0 Å². The maximum absolute atomic E-state index is 11.3. The van der Waals surface area contributed by atoms with E-state index in [1.54, 1.807) is 6.08 Å². The van der Waals surface area contributed by atoms with Crippen molar-refractivity contribution in [1.82, 2.24) is 5.32 Å². The topological polar surface area (TPSA) is 41.1 Å². The predicted octanol–water partition coefficient (Wildman–Crippen LogP) is 1.40. The Morgan fingerprint density at radius 1 is 1.36 bits per heavy atom. The van der Waals surface area contributed by atoms with Gasteiger partial charge in [-0.2, -0.15) is 0 Å². The van der Waals surface area contributed by atoms with Gasteiger partial charge in [0.1, 0.15) is 0 Å². The number of para-hydroxylation sites is 1. The van der Waals surface area contributed by atoms with Crippen LogP contribution < -0.4 is 10.6 Å². The van der Waals surface area contributed by atoms with Crippen LogP contribution in [0.5, 0.6) is 0 Å². The molecule has 14 heavy (non-hydrogen) atoms. The average molecular weight is 190 g/mol. The van der Waals surface area contributed by atoms with Crippen molar-refractivity contribution >= 4 is 11.6 Å². The van der Waals surface area contributed by atoms with Gasteiger partial charge in [0, 0.05) is 18.3 Å². The van der Waals surface area contributed by atoms with Crippen molar-refractivity contribution in [2.45, 2.75) is 0 Å². The number of hydrogen-bond donors (Lipinski definition) is 2. The quantitative estimate of drug-likeness (QED) is 0.705. The zero-order valence-corrected chi connectivity index (χ0v) is 8.16. The molecule has 0 aromatic heterocycles. The first-order valence-electron chi connectivity index (χ1n) is 4.50. The van der Waals surface area contributed by atoms with Crippen LogP contribution in [0.2, 0.25) is 0 Å². The van der Waals surface area contributed by atoms with E-state index in [9.17, 15) is 4.79 Å². The number of rotatable bonds is 4. The summed E-state index contributed by atoms with van der Waals surface area (Å²) < 4.78 is 0. The van der Waals surface area contributed by atoms with Crippen molar-refractivity contribution in [3.05, 3.63) is 42.5 Å². The van der Waals surface area contributed by atoms with Crippen molar-refractivity contribution in [2.75, 3.05) is 18.9 Å². The zero-order valence-electron chi connectivity index (χ0n) is 8.16. The van der Waals surface area contributed by atoms with Crippen LogP contribution in [-0.2, 0) is 4.79 Å². The van der Waals surface area contributed by atoms with Crippen molar-refractivity contribution < 1.29 is 4.79 Å². The Kier molecular flexibility index (Phi) is 4.44. The van der Waals surface area contributed by atoms with E-state index in [-0.39, 0.29) is 5.91 Å². The molecule has 1 rings (SSSR count). The molecular weight excluding hydrogens is 176 g/mol. The molecule has 0 saturated carbocycles. The Morgan fingerprint density at radius 2 is 2.07 bits per heavy atom. The lowest BCUT2D eigenvalue weighted by molar-refractivity contribution is -0.111. The summed E-state index contributed by atoms with van der Waals surface area (Å²) in [7, 11) is 1.83. The smallest absolute Gasteiger partial charge is 0.248 e. The molecule has 0 aliphatic carbocycles. The maximum Gasteiger partial charge on any atom is 0.248 e. The molecule has 1 aromatic rings. The van der Waals surface area contributed by atoms with Crippen molar-refractivity contribution in [1.29, 1.82) is 0 Å². The highest BCUT2D eigenvalue weighted by atomic mass is 16.1. The Morgan fingerprint density at radius 3 is 2.71 bits per heavy atom. The van der Waals surface area contributed by atoms with Gasteiger partial charge in [-0.05, 0) is 19.2 Å². The van der Waals surface area contributed by atoms with Gasteiger partial charge >= 0.3 is 0 Å². The van der Waals surface area contributed by atoms with Crippen molar-refractivity contribution in [3.63, 3.8) is 0 Å². The zero-order chi connectivity index (χ0) is 10.2. The second-order valence-corrected chi connectivity index (χ2v) is 2.82. The van der Waals surface area contributed by atoms with Gasteiger partial charge in [-0.1, -0.05) is 24.3 Å². The molecule has 0 spiro atoms. The predicted molar refractivity (Wildman–Crippen MR) is 58.1 cm³/mol. The summed E-state index contributed by atoms with van der Waals surface area (Å²) in [5.41, 5.74) is 0.812. The Balaban J connectivity index is 2.42. The number of anilines is 1. The van der Waals surface area contributed by atoms with E-state index in [4.69, 9.17) is 0 Å². The Bertz CT molecular complexity index is 306. The molecule has 0 heterocycles. The van der Waals surface area contributed by atoms with Crippen molar-refractivity contribution in [2.24, 2.45) is 0 Å². The number of hydrogen-bond acceptors (Lipinski definition) is 2. The first-order chi connectivity index (χ1) is 6.83. The maximum atomic E-state index is 11.3. The van der Waals surface area contributed by atoms with E-state index in [0.717, 1.165) is 5.69 Å². The average Bonchev–Trinajstić information content (AvgIpc) is 2.20. The van der Waals surface area contributed by atoms with Crippen LogP contribution in [-0.4, -0.2) is 19.5 Å². The number of benzene rings is 1. The largest absolute Gasteiger partial charge is 0.323 e. The van der Waals surface area contributed by atoms with Crippen LogP contribution in [0, 0.1) is 0 Å². The molecule has 0 fully saturated rings. The summed E-state index contributed by atoms with van der Waals surface area (Å²) in [6, 6.07) is 9.37. The summed E-state index contributed by atoms with van der Waals surface area (Å²) in [6.07, 6.45) is 3.29. The van der Waals surface area contributed by atoms with Gasteiger partial charge in [0.2, 0.25) is 5.91 Å². The van der Waals surface area contributed by atoms with Gasteiger partial charge < -0.3 is 10.6 Å². The van der Waals surface area contributed by atoms with Gasteiger partial charge in [-0.25, -0.2) is 0 Å². The van der Waals surface area contributed by atoms with E-state index >= 15 is 0 Å². The third-order valence-corrected chi connectivity index (χ3v) is 1.63. The number of carbonyl (C=O) groups excluding carboxylic acids is 1. The number of amides is 1. The van der Waals surface area contributed by atoms with E-state index < -0.39 is 0 Å². The third kappa shape index (κ3) is 3.87. The van der Waals surface area contributed by atoms with Crippen LogP contribution in [0.25, 0.3) is 0 Å². The first-order valence-corrected chi connectivity index (χ1v) is 4.50. The molecule has 0 atom stereocenters. The lowest BCUT2D eigenvalue weighted by Crippen LogP contribution is -2.10. The number of carbonyl (C=O) groups is 1. The monoisotopic (exact) mass is 190 g/mol. The molecule has 2 N–H and O–H groups in total. The summed E-state index contributed by atoms with van der Waals surface area (Å²) in [5.74, 6) is -0.105. The van der Waals surface area contributed by atoms with Crippen LogP contribution in [0.1, 0.15) is 0 Å². The van der Waals surface area contributed by atoms with Gasteiger partial charge in [-0.3, -0.25) is 4.79 Å². The second-order valence-electron chi connectivity index (χ2n) is 2.82. The molecule has 0 unspecified atom stereocenters. The highest BCUT2D eigenvalue weighted by Crippen LogP contribution is 2.04. The molecule has 1 amide bonds. The molecule has 3 heteroatoms. The van der Waals surface area contributed by atoms with E-state index in [1.165, 1.54) is 6.08 Å². The molecule has 0 saturated heterocycles. The second kappa shape index (κ2) is 5.94. The molecule has 0 radical (unpaired) electrons. The summed E-state index contributed by atoms with van der Waals surface area (Å²) >= 11 is 0. The van der Waals surface area contributed by atoms with Crippen LogP contribution in [0.3, 0.4) is 0 Å².